The minimum atomic E-state index is -0.771. The fraction of sp³-hybridized carbons (Fsp3) is 0.867. The summed E-state index contributed by atoms with van der Waals surface area (Å²) in [4.78, 5) is 28.8. The minimum absolute atomic E-state index is 0.0493. The van der Waals surface area contributed by atoms with Gasteiger partial charge in [0.1, 0.15) is 0 Å². The number of nitrogens with zero attached hydrogens (tertiary/aromatic N) is 3. The lowest BCUT2D eigenvalue weighted by Gasteiger charge is -2.41. The summed E-state index contributed by atoms with van der Waals surface area (Å²) >= 11 is 0. The molecule has 122 valence electrons. The van der Waals surface area contributed by atoms with Crippen molar-refractivity contribution in [2.45, 2.75) is 40.2 Å². The molecule has 0 aromatic heterocycles. The average Bonchev–Trinajstić information content (AvgIpc) is 2.42. The Labute approximate surface area is 127 Å². The number of piperazine rings is 1. The standard InChI is InChI=1S/C15H29N3O3/c1-12(15(2,3)4)16(5)14(21)18-10-8-17(9-11-18)7-6-13(19)20/h12H,6-11H2,1-5H3,(H,19,20). The van der Waals surface area contributed by atoms with Gasteiger partial charge in [0, 0.05) is 45.8 Å². The van der Waals surface area contributed by atoms with E-state index in [-0.39, 0.29) is 23.9 Å². The van der Waals surface area contributed by atoms with Crippen LogP contribution in [0.15, 0.2) is 0 Å². The predicted molar refractivity (Wildman–Crippen MR) is 82.3 cm³/mol. The summed E-state index contributed by atoms with van der Waals surface area (Å²) in [7, 11) is 1.86. The first-order valence-electron chi connectivity index (χ1n) is 7.59. The molecule has 0 aromatic carbocycles. The number of carboxylic acids is 1. The van der Waals surface area contributed by atoms with E-state index < -0.39 is 5.97 Å². The molecule has 2 amide bonds. The van der Waals surface area contributed by atoms with Gasteiger partial charge in [0.2, 0.25) is 0 Å². The molecule has 6 nitrogen and oxygen atoms in total. The lowest BCUT2D eigenvalue weighted by molar-refractivity contribution is -0.137. The van der Waals surface area contributed by atoms with E-state index in [1.807, 2.05) is 16.8 Å². The zero-order valence-corrected chi connectivity index (χ0v) is 13.9. The second-order valence-electron chi connectivity index (χ2n) is 6.91. The quantitative estimate of drug-likeness (QED) is 0.856. The molecule has 1 atom stereocenters. The van der Waals surface area contributed by atoms with E-state index in [0.717, 1.165) is 13.1 Å². The van der Waals surface area contributed by atoms with Gasteiger partial charge in [-0.3, -0.25) is 9.69 Å². The highest BCUT2D eigenvalue weighted by Gasteiger charge is 2.30. The van der Waals surface area contributed by atoms with Crippen molar-refractivity contribution in [1.82, 2.24) is 14.7 Å². The van der Waals surface area contributed by atoms with E-state index in [1.54, 1.807) is 0 Å². The minimum Gasteiger partial charge on any atom is -0.481 e. The number of carboxylic acid groups (broad SMARTS) is 1. The van der Waals surface area contributed by atoms with Crippen molar-refractivity contribution >= 4 is 12.0 Å². The fourth-order valence-electron chi connectivity index (χ4n) is 2.39. The summed E-state index contributed by atoms with van der Waals surface area (Å²) in [5.41, 5.74) is 0.0493. The van der Waals surface area contributed by atoms with Crippen molar-refractivity contribution in [3.8, 4) is 0 Å². The normalized spacial score (nSPS) is 18.4. The fourth-order valence-corrected chi connectivity index (χ4v) is 2.39. The van der Waals surface area contributed by atoms with Crippen LogP contribution in [0.3, 0.4) is 0 Å². The average molecular weight is 299 g/mol. The van der Waals surface area contributed by atoms with Crippen LogP contribution in [-0.4, -0.2) is 77.6 Å². The molecule has 1 aliphatic heterocycles. The van der Waals surface area contributed by atoms with Gasteiger partial charge in [0.05, 0.1) is 6.42 Å². The smallest absolute Gasteiger partial charge is 0.320 e. The van der Waals surface area contributed by atoms with E-state index in [0.29, 0.717) is 19.6 Å². The predicted octanol–water partition coefficient (Wildman–Crippen LogP) is 1.57. The monoisotopic (exact) mass is 299 g/mol. The maximum atomic E-state index is 12.5. The highest BCUT2D eigenvalue weighted by molar-refractivity contribution is 5.74. The third-order valence-corrected chi connectivity index (χ3v) is 4.42. The molecule has 0 aliphatic carbocycles. The van der Waals surface area contributed by atoms with Crippen LogP contribution < -0.4 is 0 Å². The van der Waals surface area contributed by atoms with E-state index >= 15 is 0 Å². The van der Waals surface area contributed by atoms with Gasteiger partial charge in [-0.25, -0.2) is 4.79 Å². The molecule has 0 saturated carbocycles. The van der Waals surface area contributed by atoms with Crippen molar-refractivity contribution < 1.29 is 14.7 Å². The van der Waals surface area contributed by atoms with E-state index in [2.05, 4.69) is 32.6 Å². The molecule has 6 heteroatoms. The molecule has 0 radical (unpaired) electrons. The summed E-state index contributed by atoms with van der Waals surface area (Å²) in [6, 6.07) is 0.227. The second kappa shape index (κ2) is 7.11. The Bertz CT molecular complexity index is 371. The Kier molecular flexibility index (Phi) is 6.01. The Morgan fingerprint density at radius 1 is 1.19 bits per heavy atom. The molecule has 21 heavy (non-hydrogen) atoms. The highest BCUT2D eigenvalue weighted by Crippen LogP contribution is 2.24. The zero-order chi connectivity index (χ0) is 16.2. The maximum Gasteiger partial charge on any atom is 0.320 e. The SMILES string of the molecule is CC(N(C)C(=O)N1CCN(CCC(=O)O)CC1)C(C)(C)C. The number of aliphatic carboxylic acids is 1. The van der Waals surface area contributed by atoms with Crippen LogP contribution in [-0.2, 0) is 4.79 Å². The summed E-state index contributed by atoms with van der Waals surface area (Å²) < 4.78 is 0. The Balaban J connectivity index is 2.46. The lowest BCUT2D eigenvalue weighted by atomic mass is 9.87. The van der Waals surface area contributed by atoms with Gasteiger partial charge in [0.15, 0.2) is 0 Å². The molecule has 0 spiro atoms. The molecule has 1 rings (SSSR count). The summed E-state index contributed by atoms with van der Waals surface area (Å²) in [6.45, 7) is 11.8. The molecule has 1 aliphatic rings. The summed E-state index contributed by atoms with van der Waals surface area (Å²) in [5.74, 6) is -0.771. The van der Waals surface area contributed by atoms with Crippen molar-refractivity contribution in [2.75, 3.05) is 39.8 Å². The Morgan fingerprint density at radius 3 is 2.14 bits per heavy atom. The number of carbonyl (C=O) groups excluding carboxylic acids is 1. The summed E-state index contributed by atoms with van der Waals surface area (Å²) in [6.07, 6.45) is 0.162. The van der Waals surface area contributed by atoms with Crippen LogP contribution in [0.25, 0.3) is 0 Å². The molecule has 1 fully saturated rings. The number of rotatable bonds is 4. The number of hydrogen-bond acceptors (Lipinski definition) is 3. The zero-order valence-electron chi connectivity index (χ0n) is 13.9. The van der Waals surface area contributed by atoms with Gasteiger partial charge in [0.25, 0.3) is 0 Å². The molecular weight excluding hydrogens is 270 g/mol. The third kappa shape index (κ3) is 5.19. The van der Waals surface area contributed by atoms with Crippen molar-refractivity contribution in [3.63, 3.8) is 0 Å². The van der Waals surface area contributed by atoms with Crippen LogP contribution in [0.5, 0.6) is 0 Å². The number of urea groups is 1. The van der Waals surface area contributed by atoms with Crippen molar-refractivity contribution in [1.29, 1.82) is 0 Å². The maximum absolute atomic E-state index is 12.5. The molecule has 0 aromatic rings. The molecule has 0 bridgehead atoms. The van der Waals surface area contributed by atoms with Crippen LogP contribution in [0.4, 0.5) is 4.79 Å². The summed E-state index contributed by atoms with van der Waals surface area (Å²) in [5, 5.41) is 8.70. The largest absolute Gasteiger partial charge is 0.481 e. The molecular formula is C15H29N3O3. The van der Waals surface area contributed by atoms with Gasteiger partial charge >= 0.3 is 12.0 Å². The molecule has 1 heterocycles. The number of amides is 2. The highest BCUT2D eigenvalue weighted by atomic mass is 16.4. The van der Waals surface area contributed by atoms with Gasteiger partial charge in [-0.2, -0.15) is 0 Å². The van der Waals surface area contributed by atoms with E-state index in [4.69, 9.17) is 5.11 Å². The van der Waals surface area contributed by atoms with Crippen LogP contribution in [0, 0.1) is 5.41 Å². The first-order chi connectivity index (χ1) is 9.62. The van der Waals surface area contributed by atoms with Gasteiger partial charge < -0.3 is 14.9 Å². The topological polar surface area (TPSA) is 64.1 Å². The van der Waals surface area contributed by atoms with Crippen molar-refractivity contribution in [2.24, 2.45) is 5.41 Å². The van der Waals surface area contributed by atoms with Crippen LogP contribution in [0.1, 0.15) is 34.1 Å². The number of hydrogen-bond donors (Lipinski definition) is 1. The third-order valence-electron chi connectivity index (χ3n) is 4.42. The Hall–Kier alpha value is -1.30. The van der Waals surface area contributed by atoms with E-state index in [1.165, 1.54) is 0 Å². The first kappa shape index (κ1) is 17.8. The molecule has 1 saturated heterocycles. The van der Waals surface area contributed by atoms with Crippen molar-refractivity contribution in [3.05, 3.63) is 0 Å². The first-order valence-corrected chi connectivity index (χ1v) is 7.59. The lowest BCUT2D eigenvalue weighted by Crippen LogP contribution is -2.55. The van der Waals surface area contributed by atoms with Gasteiger partial charge in [-0.1, -0.05) is 20.8 Å². The molecule has 1 unspecified atom stereocenters. The van der Waals surface area contributed by atoms with Crippen LogP contribution >= 0.6 is 0 Å². The molecule has 1 N–H and O–H groups in total. The van der Waals surface area contributed by atoms with E-state index in [9.17, 15) is 9.59 Å². The Morgan fingerprint density at radius 2 is 1.71 bits per heavy atom. The van der Waals surface area contributed by atoms with Gasteiger partial charge in [-0.05, 0) is 12.3 Å². The van der Waals surface area contributed by atoms with Gasteiger partial charge in [-0.15, -0.1) is 0 Å². The number of carbonyl (C=O) groups is 2. The van der Waals surface area contributed by atoms with Crippen LogP contribution in [0.2, 0.25) is 0 Å². The second-order valence-corrected chi connectivity index (χ2v) is 6.91.